The molecule has 0 heterocycles. The van der Waals surface area contributed by atoms with E-state index in [4.69, 9.17) is 15.4 Å². The molecule has 0 radical (unpaired) electrons. The first-order chi connectivity index (χ1) is 15.2. The summed E-state index contributed by atoms with van der Waals surface area (Å²) >= 11 is 0. The van der Waals surface area contributed by atoms with E-state index in [-0.39, 0.29) is 50.0 Å². The fraction of sp³-hybridized carbons (Fsp3) is 0.381. The van der Waals surface area contributed by atoms with E-state index in [0.717, 1.165) is 22.3 Å². The summed E-state index contributed by atoms with van der Waals surface area (Å²) in [7, 11) is -2.14. The highest BCUT2D eigenvalue weighted by Crippen LogP contribution is 2.44. The third kappa shape index (κ3) is 6.93. The van der Waals surface area contributed by atoms with Crippen molar-refractivity contribution in [2.45, 2.75) is 18.8 Å². The van der Waals surface area contributed by atoms with Gasteiger partial charge in [-0.15, -0.1) is 0 Å². The fourth-order valence-corrected chi connectivity index (χ4v) is 5.59. The molecule has 0 saturated carbocycles. The molecule has 0 unspecified atom stereocenters. The van der Waals surface area contributed by atoms with Crippen LogP contribution < -0.4 is 10.0 Å². The number of sulfonamides is 1. The van der Waals surface area contributed by atoms with Crippen LogP contribution in [0.4, 0.5) is 4.79 Å². The topological polar surface area (TPSA) is 119 Å². The number of halogens is 1. The summed E-state index contributed by atoms with van der Waals surface area (Å²) in [5, 5.41) is 2.56. The van der Waals surface area contributed by atoms with E-state index in [2.05, 4.69) is 22.2 Å². The second-order valence-corrected chi connectivity index (χ2v) is 12.2. The number of fused-ring (bicyclic) bond motifs is 3. The van der Waals surface area contributed by atoms with E-state index >= 15 is 0 Å². The van der Waals surface area contributed by atoms with Crippen LogP contribution in [0.5, 0.6) is 0 Å². The average Bonchev–Trinajstić information content (AvgIpc) is 3.06. The van der Waals surface area contributed by atoms with E-state index in [1.807, 2.05) is 36.4 Å². The van der Waals surface area contributed by atoms with Crippen molar-refractivity contribution in [3.8, 4) is 11.1 Å². The molecule has 0 spiro atoms. The van der Waals surface area contributed by atoms with Crippen molar-refractivity contribution in [2.75, 3.05) is 31.2 Å². The summed E-state index contributed by atoms with van der Waals surface area (Å²) in [4.78, 5) is 12.1. The maximum absolute atomic E-state index is 12.1. The normalized spacial score (nSPS) is 13.4. The van der Waals surface area contributed by atoms with Gasteiger partial charge in [0.15, 0.2) is 0 Å². The lowest BCUT2D eigenvalue weighted by Crippen LogP contribution is -2.31. The van der Waals surface area contributed by atoms with Gasteiger partial charge in [0.25, 0.3) is 0 Å². The molecule has 0 saturated heterocycles. The van der Waals surface area contributed by atoms with Gasteiger partial charge in [0.2, 0.25) is 19.1 Å². The SMILES string of the molecule is O=C(NCCCS(=O)(=O)NCCCS(=O)(=O)Cl)OCC1c2ccccc2-c2ccccc21. The van der Waals surface area contributed by atoms with E-state index in [0.29, 0.717) is 0 Å². The largest absolute Gasteiger partial charge is 0.449 e. The number of alkyl carbamates (subject to hydrolysis) is 1. The summed E-state index contributed by atoms with van der Waals surface area (Å²) in [6.07, 6.45) is -0.333. The van der Waals surface area contributed by atoms with Gasteiger partial charge in [-0.2, -0.15) is 0 Å². The van der Waals surface area contributed by atoms with Gasteiger partial charge in [0.1, 0.15) is 6.61 Å². The van der Waals surface area contributed by atoms with Crippen molar-refractivity contribution in [1.82, 2.24) is 10.0 Å². The lowest BCUT2D eigenvalue weighted by atomic mass is 9.98. The van der Waals surface area contributed by atoms with Crippen LogP contribution in [0.15, 0.2) is 48.5 Å². The molecular weight excluding hydrogens is 476 g/mol. The first kappa shape index (κ1) is 24.5. The van der Waals surface area contributed by atoms with Crippen LogP contribution >= 0.6 is 10.7 Å². The number of amides is 1. The highest BCUT2D eigenvalue weighted by molar-refractivity contribution is 8.13. The van der Waals surface area contributed by atoms with Gasteiger partial charge in [0.05, 0.1) is 11.5 Å². The Morgan fingerprint density at radius 2 is 1.44 bits per heavy atom. The zero-order chi connectivity index (χ0) is 23.2. The number of carbonyl (C=O) groups excluding carboxylic acids is 1. The summed E-state index contributed by atoms with van der Waals surface area (Å²) in [6.45, 7) is 0.297. The predicted molar refractivity (Wildman–Crippen MR) is 124 cm³/mol. The average molecular weight is 501 g/mol. The Balaban J connectivity index is 1.40. The molecule has 174 valence electrons. The number of hydrogen-bond donors (Lipinski definition) is 2. The van der Waals surface area contributed by atoms with E-state index in [9.17, 15) is 21.6 Å². The minimum absolute atomic E-state index is 0.0198. The summed E-state index contributed by atoms with van der Waals surface area (Å²) in [5.41, 5.74) is 4.50. The van der Waals surface area contributed by atoms with Gasteiger partial charge < -0.3 is 10.1 Å². The Kier molecular flexibility index (Phi) is 8.16. The Labute approximate surface area is 192 Å². The lowest BCUT2D eigenvalue weighted by Gasteiger charge is -2.14. The molecule has 1 amide bonds. The van der Waals surface area contributed by atoms with Crippen molar-refractivity contribution < 1.29 is 26.4 Å². The second kappa shape index (κ2) is 10.7. The van der Waals surface area contributed by atoms with Crippen molar-refractivity contribution >= 4 is 35.8 Å². The standard InChI is InChI=1S/C21H25ClN2O6S2/c22-31(26,27)13-6-12-24-32(28,29)14-5-11-23-21(25)30-15-20-18-9-3-1-7-16(18)17-8-2-4-10-19(17)20/h1-4,7-10,20,24H,5-6,11-15H2,(H,23,25). The quantitative estimate of drug-likeness (QED) is 0.362. The van der Waals surface area contributed by atoms with Crippen LogP contribution in [0.2, 0.25) is 0 Å². The molecule has 32 heavy (non-hydrogen) atoms. The molecule has 2 aromatic rings. The summed E-state index contributed by atoms with van der Waals surface area (Å²) in [5.74, 6) is -0.556. The summed E-state index contributed by atoms with van der Waals surface area (Å²) in [6, 6.07) is 16.0. The minimum Gasteiger partial charge on any atom is -0.449 e. The molecule has 2 N–H and O–H groups in total. The lowest BCUT2D eigenvalue weighted by molar-refractivity contribution is 0.143. The highest BCUT2D eigenvalue weighted by atomic mass is 35.7. The number of rotatable bonds is 11. The Morgan fingerprint density at radius 3 is 2.03 bits per heavy atom. The van der Waals surface area contributed by atoms with Gasteiger partial charge in [-0.05, 0) is 35.1 Å². The fourth-order valence-electron chi connectivity index (χ4n) is 3.65. The molecule has 1 aliphatic rings. The Hall–Kier alpha value is -2.14. The maximum Gasteiger partial charge on any atom is 0.407 e. The van der Waals surface area contributed by atoms with E-state index < -0.39 is 25.2 Å². The molecule has 2 aromatic carbocycles. The van der Waals surface area contributed by atoms with E-state index in [1.165, 1.54) is 0 Å². The van der Waals surface area contributed by atoms with Crippen molar-refractivity contribution in [2.24, 2.45) is 0 Å². The van der Waals surface area contributed by atoms with Crippen LogP contribution in [0.1, 0.15) is 29.9 Å². The monoisotopic (exact) mass is 500 g/mol. The van der Waals surface area contributed by atoms with Crippen LogP contribution in [0.3, 0.4) is 0 Å². The first-order valence-corrected chi connectivity index (χ1v) is 14.3. The third-order valence-electron chi connectivity index (χ3n) is 5.09. The zero-order valence-electron chi connectivity index (χ0n) is 17.3. The maximum atomic E-state index is 12.1. The van der Waals surface area contributed by atoms with Crippen molar-refractivity contribution in [3.63, 3.8) is 0 Å². The predicted octanol–water partition coefficient (Wildman–Crippen LogP) is 2.79. The van der Waals surface area contributed by atoms with E-state index in [1.54, 1.807) is 0 Å². The van der Waals surface area contributed by atoms with Crippen LogP contribution in [0, 0.1) is 0 Å². The van der Waals surface area contributed by atoms with Crippen molar-refractivity contribution in [3.05, 3.63) is 59.7 Å². The highest BCUT2D eigenvalue weighted by Gasteiger charge is 2.28. The Bertz CT molecular complexity index is 1120. The smallest absolute Gasteiger partial charge is 0.407 e. The van der Waals surface area contributed by atoms with Crippen LogP contribution in [0.25, 0.3) is 11.1 Å². The minimum atomic E-state index is -3.64. The van der Waals surface area contributed by atoms with Gasteiger partial charge in [-0.3, -0.25) is 0 Å². The molecule has 1 aliphatic carbocycles. The molecule has 0 bridgehead atoms. The Morgan fingerprint density at radius 1 is 0.875 bits per heavy atom. The van der Waals surface area contributed by atoms with Gasteiger partial charge in [-0.25, -0.2) is 26.4 Å². The molecular formula is C21H25ClN2O6S2. The molecule has 11 heteroatoms. The van der Waals surface area contributed by atoms with Gasteiger partial charge in [-0.1, -0.05) is 48.5 Å². The van der Waals surface area contributed by atoms with Crippen molar-refractivity contribution in [1.29, 1.82) is 0 Å². The van der Waals surface area contributed by atoms with Crippen LogP contribution in [-0.4, -0.2) is 54.1 Å². The zero-order valence-corrected chi connectivity index (χ0v) is 19.7. The number of hydrogen-bond acceptors (Lipinski definition) is 6. The number of nitrogens with one attached hydrogen (secondary N) is 2. The molecule has 0 atom stereocenters. The van der Waals surface area contributed by atoms with Gasteiger partial charge >= 0.3 is 6.09 Å². The van der Waals surface area contributed by atoms with Gasteiger partial charge in [0, 0.05) is 29.7 Å². The number of carbonyl (C=O) groups is 1. The molecule has 3 rings (SSSR count). The summed E-state index contributed by atoms with van der Waals surface area (Å²) < 4.78 is 53.1. The third-order valence-corrected chi connectivity index (χ3v) is 7.80. The number of ether oxygens (including phenoxy) is 1. The first-order valence-electron chi connectivity index (χ1n) is 10.1. The molecule has 0 fully saturated rings. The van der Waals surface area contributed by atoms with Crippen LogP contribution in [-0.2, 0) is 23.8 Å². The molecule has 0 aromatic heterocycles. The molecule has 8 nitrogen and oxygen atoms in total. The second-order valence-electron chi connectivity index (χ2n) is 7.42. The molecule has 0 aliphatic heterocycles. The number of benzene rings is 2.